The minimum Gasteiger partial charge on any atom is -0.464 e. The van der Waals surface area contributed by atoms with Crippen LogP contribution in [-0.2, 0) is 73.6 Å². The Morgan fingerprint density at radius 2 is 0.614 bits per heavy atom. The van der Waals surface area contributed by atoms with Gasteiger partial charge in [0, 0.05) is 78.0 Å². The third kappa shape index (κ3) is 22.9. The number of hydrogen-bond donors (Lipinski definition) is 4. The molecule has 0 aliphatic heterocycles. The Balaban J connectivity index is 0.000000271. The standard InChI is InChI=1S/C28H15F6N2O.2C14H9N2O.2C5H12O2.2Ir.Pt/c29-27(30,31)23-13-9-19(10-14-23)17-1-5-21(6-2-17)25-35-36-26(37-25)22-7-3-18(4-8-22)20-11-15-24(16-12-20)28(32,33)34;2*1-3-7-11(8-4-1)13-15-16-14(17-13)12-9-5-2-6-10-12;2*1-4(6)3-5(2)7;;;/h1-7,9-16H;2*1-9H;2*4-7H,3H2,1-2H3;;;/q3*-1;;;;;. The molecule has 88 heavy (non-hydrogen) atoms. The summed E-state index contributed by atoms with van der Waals surface area (Å²) in [5.74, 6) is 2.49. The van der Waals surface area contributed by atoms with Crippen molar-refractivity contribution < 1.29 is 121 Å². The largest absolute Gasteiger partial charge is 0.464 e. The predicted octanol–water partition coefficient (Wildman–Crippen LogP) is 15.3. The molecular weight excluding hydrogens is 1680 g/mol. The molecule has 22 heteroatoms. The maximum Gasteiger partial charge on any atom is 0.416 e. The van der Waals surface area contributed by atoms with E-state index in [2.05, 4.69) is 48.8 Å². The molecule has 0 saturated heterocycles. The van der Waals surface area contributed by atoms with E-state index in [1.165, 1.54) is 24.3 Å². The topological polar surface area (TPSA) is 198 Å². The molecule has 0 aliphatic rings. The summed E-state index contributed by atoms with van der Waals surface area (Å²) < 4.78 is 93.6. The van der Waals surface area contributed by atoms with Gasteiger partial charge in [0.2, 0.25) is 17.7 Å². The number of halogens is 6. The Labute approximate surface area is 546 Å². The van der Waals surface area contributed by atoms with E-state index in [0.29, 0.717) is 64.2 Å². The number of benzene rings is 8. The third-order valence-corrected chi connectivity index (χ3v) is 11.8. The molecule has 4 atom stereocenters. The Kier molecular flexibility index (Phi) is 29.5. The first-order valence-electron chi connectivity index (χ1n) is 26.5. The van der Waals surface area contributed by atoms with Crippen molar-refractivity contribution in [3.63, 3.8) is 0 Å². The first kappa shape index (κ1) is 73.1. The van der Waals surface area contributed by atoms with Gasteiger partial charge < -0.3 is 33.7 Å². The summed E-state index contributed by atoms with van der Waals surface area (Å²) in [6.45, 7) is 6.64. The first-order valence-corrected chi connectivity index (χ1v) is 26.5. The van der Waals surface area contributed by atoms with E-state index >= 15 is 0 Å². The minimum atomic E-state index is -4.40. The Hall–Kier alpha value is -7.41. The number of hydrogen-bond acceptors (Lipinski definition) is 13. The maximum absolute atomic E-state index is 12.8. The van der Waals surface area contributed by atoms with E-state index in [4.69, 9.17) is 33.7 Å². The summed E-state index contributed by atoms with van der Waals surface area (Å²) in [5.41, 5.74) is 5.79. The van der Waals surface area contributed by atoms with Crippen LogP contribution in [0.2, 0.25) is 0 Å². The van der Waals surface area contributed by atoms with Crippen LogP contribution in [0, 0.1) is 18.2 Å². The van der Waals surface area contributed by atoms with Crippen LogP contribution in [0.1, 0.15) is 51.7 Å². The van der Waals surface area contributed by atoms with E-state index in [9.17, 15) is 26.3 Å². The van der Waals surface area contributed by atoms with Crippen LogP contribution in [0.5, 0.6) is 0 Å². The summed E-state index contributed by atoms with van der Waals surface area (Å²) in [6, 6.07) is 65.3. The molecule has 13 nitrogen and oxygen atoms in total. The normalized spacial score (nSPS) is 12.1. The van der Waals surface area contributed by atoms with Crippen LogP contribution in [0.4, 0.5) is 26.3 Å². The quantitative estimate of drug-likeness (QED) is 0.0666. The second kappa shape index (κ2) is 35.5. The molecule has 0 amide bonds. The van der Waals surface area contributed by atoms with Crippen LogP contribution in [-0.4, -0.2) is 75.4 Å². The van der Waals surface area contributed by atoms with Crippen molar-refractivity contribution >= 4 is 0 Å². The Morgan fingerprint density at radius 3 is 0.898 bits per heavy atom. The SMILES string of the molecule is CC(O)CC(C)O.CC(O)CC(C)O.FC(F)(F)c1ccc(-c2c[c-]c(-c3nnc(-c4ccc(-c5ccc(C(F)(F)F)cc5)cc4)o3)cc2)cc1.[Ir].[Ir].[Pt].[c-]1ccccc1-c1nnc(-c2ccccc2)o1.[c-]1ccccc1-c1nnc(-c2ccccc2)o1. The molecule has 466 valence electrons. The van der Waals surface area contributed by atoms with E-state index in [0.717, 1.165) is 52.1 Å². The monoisotopic (exact) mass is 1740 g/mol. The molecule has 3 aromatic heterocycles. The van der Waals surface area contributed by atoms with Gasteiger partial charge in [0.1, 0.15) is 0 Å². The van der Waals surface area contributed by atoms with Crippen LogP contribution in [0.15, 0.2) is 213 Å². The predicted molar refractivity (Wildman–Crippen MR) is 309 cm³/mol. The summed E-state index contributed by atoms with van der Waals surface area (Å²) in [6.07, 6.45) is -9.34. The minimum absolute atomic E-state index is 0. The Bertz CT molecular complexity index is 3330. The summed E-state index contributed by atoms with van der Waals surface area (Å²) in [5, 5.41) is 58.4. The van der Waals surface area contributed by atoms with Gasteiger partial charge >= 0.3 is 12.4 Å². The second-order valence-corrected chi connectivity index (χ2v) is 19.1. The van der Waals surface area contributed by atoms with Gasteiger partial charge in [0.15, 0.2) is 17.7 Å². The van der Waals surface area contributed by atoms with Crippen molar-refractivity contribution in [2.75, 3.05) is 0 Å². The van der Waals surface area contributed by atoms with Crippen molar-refractivity contribution in [1.82, 2.24) is 30.6 Å². The molecule has 4 N–H and O–H groups in total. The Morgan fingerprint density at radius 1 is 0.341 bits per heavy atom. The van der Waals surface area contributed by atoms with Gasteiger partial charge in [-0.25, -0.2) is 0 Å². The molecule has 0 bridgehead atoms. The van der Waals surface area contributed by atoms with Gasteiger partial charge in [-0.15, -0.1) is 100 Å². The number of aromatic nitrogens is 6. The zero-order valence-corrected chi connectivity index (χ0v) is 54.3. The van der Waals surface area contributed by atoms with Gasteiger partial charge in [0.05, 0.1) is 35.5 Å². The molecule has 0 fully saturated rings. The number of aliphatic hydroxyl groups excluding tert-OH is 4. The average Bonchev–Trinajstić information content (AvgIpc) is 4.37. The molecule has 4 unspecified atom stereocenters. The van der Waals surface area contributed by atoms with Crippen molar-refractivity contribution in [2.45, 2.75) is 77.3 Å². The number of aliphatic hydroxyl groups is 4. The molecule has 0 saturated carbocycles. The molecule has 0 spiro atoms. The van der Waals surface area contributed by atoms with Crippen LogP contribution in [0.3, 0.4) is 0 Å². The van der Waals surface area contributed by atoms with Crippen molar-refractivity contribution in [1.29, 1.82) is 0 Å². The van der Waals surface area contributed by atoms with Gasteiger partial charge in [-0.3, -0.25) is 0 Å². The van der Waals surface area contributed by atoms with E-state index in [1.54, 1.807) is 70.2 Å². The second-order valence-electron chi connectivity index (χ2n) is 19.1. The van der Waals surface area contributed by atoms with Crippen LogP contribution < -0.4 is 0 Å². The zero-order chi connectivity index (χ0) is 60.9. The third-order valence-electron chi connectivity index (χ3n) is 11.8. The molecule has 0 aliphatic carbocycles. The van der Waals surface area contributed by atoms with E-state index in [1.807, 2.05) is 109 Å². The first-order chi connectivity index (χ1) is 40.7. The van der Waals surface area contributed by atoms with E-state index < -0.39 is 23.5 Å². The van der Waals surface area contributed by atoms with Gasteiger partial charge in [-0.2, -0.15) is 41.6 Å². The van der Waals surface area contributed by atoms with E-state index in [-0.39, 0.29) is 97.5 Å². The van der Waals surface area contributed by atoms with Gasteiger partial charge in [-0.05, 0) is 100 Å². The summed E-state index contributed by atoms with van der Waals surface area (Å²) in [4.78, 5) is 0. The molecule has 11 rings (SSSR count). The van der Waals surface area contributed by atoms with Crippen LogP contribution >= 0.6 is 0 Å². The maximum atomic E-state index is 12.8. The van der Waals surface area contributed by atoms with Crippen LogP contribution in [0.25, 0.3) is 91.0 Å². The smallest absolute Gasteiger partial charge is 0.416 e. The molecule has 2 radical (unpaired) electrons. The molecular formula is C66H57F6Ir2N6O7Pt-3. The zero-order valence-electron chi connectivity index (χ0n) is 47.2. The molecule has 3 heterocycles. The number of alkyl halides is 6. The summed E-state index contributed by atoms with van der Waals surface area (Å²) in [7, 11) is 0. The van der Waals surface area contributed by atoms with Gasteiger partial charge in [0.25, 0.3) is 0 Å². The van der Waals surface area contributed by atoms with Gasteiger partial charge in [-0.1, -0.05) is 113 Å². The fourth-order valence-electron chi connectivity index (χ4n) is 7.79. The average molecular weight is 1740 g/mol. The number of rotatable bonds is 12. The fraction of sp³-hybridized carbons (Fsp3) is 0.182. The molecule has 8 aromatic carbocycles. The van der Waals surface area contributed by atoms with Crippen molar-refractivity contribution in [3.05, 3.63) is 230 Å². The number of nitrogens with zero attached hydrogens (tertiary/aromatic N) is 6. The summed E-state index contributed by atoms with van der Waals surface area (Å²) >= 11 is 0. The van der Waals surface area contributed by atoms with Crippen molar-refractivity contribution in [3.8, 4) is 91.0 Å². The van der Waals surface area contributed by atoms with Crippen molar-refractivity contribution in [2.24, 2.45) is 0 Å². The fourth-order valence-corrected chi connectivity index (χ4v) is 7.79. The molecule has 11 aromatic rings.